The van der Waals surface area contributed by atoms with Gasteiger partial charge in [0.15, 0.2) is 5.82 Å². The van der Waals surface area contributed by atoms with Gasteiger partial charge in [0.1, 0.15) is 17.5 Å². The van der Waals surface area contributed by atoms with Crippen LogP contribution in [0.1, 0.15) is 48.0 Å². The van der Waals surface area contributed by atoms with Crippen molar-refractivity contribution in [2.45, 2.75) is 48.1 Å². The van der Waals surface area contributed by atoms with Gasteiger partial charge in [-0.05, 0) is 46.5 Å². The predicted molar refractivity (Wildman–Crippen MR) is 165 cm³/mol. The molecule has 1 amide bonds. The van der Waals surface area contributed by atoms with Gasteiger partial charge in [-0.25, -0.2) is 4.68 Å². The summed E-state index contributed by atoms with van der Waals surface area (Å²) in [6, 6.07) is 40.8. The average Bonchev–Trinajstić information content (AvgIpc) is 3.58. The topological polar surface area (TPSA) is 75.9 Å². The third-order valence-corrected chi connectivity index (χ3v) is 9.98. The maximum atomic E-state index is 14.3. The molecule has 8 heteroatoms. The number of rotatable bonds is 8. The lowest BCUT2D eigenvalue weighted by Crippen LogP contribution is -2.70. The molecule has 0 radical (unpaired) electrons. The number of fused-ring (bicyclic) bond motifs is 1. The molecule has 1 N–H and O–H groups in total. The van der Waals surface area contributed by atoms with E-state index in [2.05, 4.69) is 120 Å². The van der Waals surface area contributed by atoms with Crippen LogP contribution in [0.2, 0.25) is 0 Å². The van der Waals surface area contributed by atoms with Crippen LogP contribution in [0.25, 0.3) is 0 Å². The Morgan fingerprint density at radius 2 is 1.29 bits per heavy atom. The number of carbonyl (C=O) groups is 1. The first-order valence-electron chi connectivity index (χ1n) is 14.2. The first kappa shape index (κ1) is 26.6. The number of tetrazole rings is 1. The van der Waals surface area contributed by atoms with Crippen molar-refractivity contribution in [2.24, 2.45) is 0 Å². The number of nitrogens with zero attached hydrogens (tertiary/aromatic N) is 5. The Kier molecular flexibility index (Phi) is 6.67. The lowest BCUT2D eigenvalue weighted by Gasteiger charge is -2.49. The highest BCUT2D eigenvalue weighted by molar-refractivity contribution is 8.01. The van der Waals surface area contributed by atoms with E-state index < -0.39 is 11.6 Å². The highest BCUT2D eigenvalue weighted by Gasteiger charge is 2.64. The minimum absolute atomic E-state index is 0.0597. The Balaban J connectivity index is 1.27. The molecule has 0 aliphatic carbocycles. The zero-order valence-electron chi connectivity index (χ0n) is 23.5. The summed E-state index contributed by atoms with van der Waals surface area (Å²) >= 11 is 1.81. The number of hydrogen-bond donors (Lipinski definition) is 1. The molecule has 0 bridgehead atoms. The molecule has 2 aliphatic rings. The van der Waals surface area contributed by atoms with E-state index in [4.69, 9.17) is 0 Å². The lowest BCUT2D eigenvalue weighted by molar-refractivity contribution is -0.150. The van der Waals surface area contributed by atoms with E-state index in [0.29, 0.717) is 12.4 Å². The van der Waals surface area contributed by atoms with E-state index in [1.54, 1.807) is 0 Å². The van der Waals surface area contributed by atoms with Crippen LogP contribution in [0.3, 0.4) is 0 Å². The van der Waals surface area contributed by atoms with Gasteiger partial charge >= 0.3 is 0 Å². The van der Waals surface area contributed by atoms with Crippen molar-refractivity contribution < 1.29 is 4.79 Å². The average molecular weight is 573 g/mol. The van der Waals surface area contributed by atoms with E-state index in [9.17, 15) is 4.79 Å². The maximum absolute atomic E-state index is 14.3. The van der Waals surface area contributed by atoms with Crippen molar-refractivity contribution in [1.82, 2.24) is 30.4 Å². The molecule has 42 heavy (non-hydrogen) atoms. The van der Waals surface area contributed by atoms with Crippen LogP contribution in [-0.4, -0.2) is 47.2 Å². The quantitative estimate of drug-likeness (QED) is 0.198. The van der Waals surface area contributed by atoms with Gasteiger partial charge < -0.3 is 4.90 Å². The van der Waals surface area contributed by atoms with Crippen LogP contribution < -0.4 is 5.32 Å². The highest BCUT2D eigenvalue weighted by atomic mass is 32.2. The standard InChI is InChI=1S/C34H32N6OS/c1-33(2)29(30-36-37-38-39(30)23-24-15-7-3-8-16-24)40-31(41)28(32(40)42-33)35-34(25-17-9-4-10-18-25,26-19-11-5-12-20-26)27-21-13-6-14-22-27/h3-22,28-29,32,35H,23H2,1-2H3. The van der Waals surface area contributed by atoms with Gasteiger partial charge in [-0.3, -0.25) is 10.1 Å². The molecule has 2 fully saturated rings. The van der Waals surface area contributed by atoms with Crippen molar-refractivity contribution >= 4 is 17.7 Å². The minimum Gasteiger partial charge on any atom is -0.315 e. The zero-order valence-corrected chi connectivity index (χ0v) is 24.4. The van der Waals surface area contributed by atoms with Gasteiger partial charge in [0.05, 0.1) is 12.1 Å². The van der Waals surface area contributed by atoms with Gasteiger partial charge in [0.2, 0.25) is 5.91 Å². The van der Waals surface area contributed by atoms with Crippen LogP contribution in [0.5, 0.6) is 0 Å². The first-order valence-corrected chi connectivity index (χ1v) is 15.1. The molecule has 1 aromatic heterocycles. The predicted octanol–water partition coefficient (Wildman–Crippen LogP) is 5.41. The molecule has 2 saturated heterocycles. The van der Waals surface area contributed by atoms with Gasteiger partial charge in [-0.2, -0.15) is 0 Å². The molecule has 5 aromatic rings. The van der Waals surface area contributed by atoms with Crippen molar-refractivity contribution in [2.75, 3.05) is 0 Å². The second kappa shape index (κ2) is 10.5. The molecule has 3 atom stereocenters. The lowest BCUT2D eigenvalue weighted by atomic mass is 9.76. The molecule has 0 spiro atoms. The highest BCUT2D eigenvalue weighted by Crippen LogP contribution is 2.57. The SMILES string of the molecule is CC1(C)SC2C(NC(c3ccccc3)(c3ccccc3)c3ccccc3)C(=O)N2C1c1nnnn1Cc1ccccc1. The summed E-state index contributed by atoms with van der Waals surface area (Å²) in [6.45, 7) is 4.92. The second-order valence-corrected chi connectivity index (χ2v) is 13.2. The van der Waals surface area contributed by atoms with Crippen molar-refractivity contribution in [3.63, 3.8) is 0 Å². The first-order chi connectivity index (χ1) is 20.5. The molecular weight excluding hydrogens is 540 g/mol. The number of carbonyl (C=O) groups excluding carboxylic acids is 1. The summed E-state index contributed by atoms with van der Waals surface area (Å²) < 4.78 is 1.54. The number of thioether (sulfide) groups is 1. The van der Waals surface area contributed by atoms with Crippen LogP contribution in [0.4, 0.5) is 0 Å². The molecule has 7 rings (SSSR count). The van der Waals surface area contributed by atoms with Gasteiger partial charge in [-0.15, -0.1) is 16.9 Å². The van der Waals surface area contributed by atoms with Gasteiger partial charge in [-0.1, -0.05) is 121 Å². The fourth-order valence-corrected chi connectivity index (χ4v) is 8.12. The second-order valence-electron chi connectivity index (χ2n) is 11.4. The molecular formula is C34H32N6OS. The Morgan fingerprint density at radius 3 is 1.81 bits per heavy atom. The Labute approximate surface area is 250 Å². The number of hydrogen-bond acceptors (Lipinski definition) is 6. The van der Waals surface area contributed by atoms with E-state index in [0.717, 1.165) is 22.3 Å². The van der Waals surface area contributed by atoms with Gasteiger partial charge in [0.25, 0.3) is 0 Å². The van der Waals surface area contributed by atoms with Crippen LogP contribution >= 0.6 is 11.8 Å². The summed E-state index contributed by atoms with van der Waals surface area (Å²) in [4.78, 5) is 16.2. The monoisotopic (exact) mass is 572 g/mol. The number of nitrogens with one attached hydrogen (secondary N) is 1. The molecule has 7 nitrogen and oxygen atoms in total. The minimum atomic E-state index is -0.728. The summed E-state index contributed by atoms with van der Waals surface area (Å²) in [5.41, 5.74) is 3.63. The number of aromatic nitrogens is 4. The molecule has 0 saturated carbocycles. The third-order valence-electron chi connectivity index (χ3n) is 8.41. The summed E-state index contributed by atoms with van der Waals surface area (Å²) in [5.74, 6) is 0.774. The van der Waals surface area contributed by atoms with Gasteiger partial charge in [0, 0.05) is 4.75 Å². The maximum Gasteiger partial charge on any atom is 0.244 e. The number of amides is 1. The van der Waals surface area contributed by atoms with Crippen molar-refractivity contribution in [1.29, 1.82) is 0 Å². The molecule has 210 valence electrons. The molecule has 3 heterocycles. The van der Waals surface area contributed by atoms with E-state index >= 15 is 0 Å². The van der Waals surface area contributed by atoms with Crippen LogP contribution in [0.15, 0.2) is 121 Å². The molecule has 4 aromatic carbocycles. The van der Waals surface area contributed by atoms with Crippen LogP contribution in [-0.2, 0) is 16.9 Å². The Morgan fingerprint density at radius 1 is 0.786 bits per heavy atom. The summed E-state index contributed by atoms with van der Waals surface area (Å²) in [7, 11) is 0. The smallest absolute Gasteiger partial charge is 0.244 e. The van der Waals surface area contributed by atoms with Crippen molar-refractivity contribution in [3.05, 3.63) is 149 Å². The van der Waals surface area contributed by atoms with E-state index in [1.165, 1.54) is 0 Å². The number of β-lactam (4-membered cyclic amide) rings is 1. The zero-order chi connectivity index (χ0) is 28.7. The number of benzene rings is 4. The summed E-state index contributed by atoms with van der Waals surface area (Å²) in [5, 5.41) is 16.7. The molecule has 3 unspecified atom stereocenters. The molecule has 2 aliphatic heterocycles. The van der Waals surface area contributed by atoms with E-state index in [-0.39, 0.29) is 22.1 Å². The van der Waals surface area contributed by atoms with Crippen molar-refractivity contribution in [3.8, 4) is 0 Å². The fraction of sp³-hybridized carbons (Fsp3) is 0.235. The van der Waals surface area contributed by atoms with Crippen LogP contribution in [0, 0.1) is 0 Å². The third kappa shape index (κ3) is 4.33. The largest absolute Gasteiger partial charge is 0.315 e. The Bertz CT molecular complexity index is 1580. The fourth-order valence-electron chi connectivity index (χ4n) is 6.49. The summed E-state index contributed by atoms with van der Waals surface area (Å²) in [6.07, 6.45) is 0. The normalized spacial score (nSPS) is 21.1. The Hall–Kier alpha value is -4.27. The van der Waals surface area contributed by atoms with E-state index in [1.807, 2.05) is 57.7 Å².